The van der Waals surface area contributed by atoms with Crippen molar-refractivity contribution >= 4 is 40.1 Å². The highest BCUT2D eigenvalue weighted by Crippen LogP contribution is 2.25. The molecule has 0 aliphatic carbocycles. The number of carbonyl (C=O) groups is 2. The number of halogens is 1. The summed E-state index contributed by atoms with van der Waals surface area (Å²) in [5.41, 5.74) is 0.283. The van der Waals surface area contributed by atoms with E-state index in [1.54, 1.807) is 0 Å². The van der Waals surface area contributed by atoms with E-state index >= 15 is 0 Å². The standard InChI is InChI=1S/C11H8FN3O3S2/c12-7-3-1-6(2-4-7)9(18)13-10-14-15-11(20-10)19-5-8(16)17/h1-4H,5H2,(H,16,17)(H,13,14,18)/p-1. The zero-order valence-electron chi connectivity index (χ0n) is 9.83. The van der Waals surface area contributed by atoms with Crippen LogP contribution in [0.25, 0.3) is 0 Å². The second-order valence-electron chi connectivity index (χ2n) is 3.49. The molecule has 1 heterocycles. The Kier molecular flexibility index (Phi) is 4.64. The van der Waals surface area contributed by atoms with Crippen LogP contribution in [0.2, 0.25) is 0 Å². The van der Waals surface area contributed by atoms with Crippen LogP contribution in [0.4, 0.5) is 9.52 Å². The number of anilines is 1. The van der Waals surface area contributed by atoms with E-state index in [9.17, 15) is 19.1 Å². The summed E-state index contributed by atoms with van der Waals surface area (Å²) < 4.78 is 13.1. The normalized spacial score (nSPS) is 10.2. The summed E-state index contributed by atoms with van der Waals surface area (Å²) >= 11 is 2.00. The highest BCUT2D eigenvalue weighted by atomic mass is 32.2. The fourth-order valence-corrected chi connectivity index (χ4v) is 2.67. The molecule has 9 heteroatoms. The third kappa shape index (κ3) is 4.00. The van der Waals surface area contributed by atoms with Gasteiger partial charge in [0.25, 0.3) is 5.91 Å². The molecular formula is C11H7FN3O3S2-. The van der Waals surface area contributed by atoms with Crippen LogP contribution in [-0.4, -0.2) is 27.8 Å². The van der Waals surface area contributed by atoms with E-state index in [0.717, 1.165) is 23.1 Å². The van der Waals surface area contributed by atoms with Crippen molar-refractivity contribution in [2.75, 3.05) is 11.1 Å². The maximum Gasteiger partial charge on any atom is 0.257 e. The number of nitrogens with one attached hydrogen (secondary N) is 1. The molecule has 20 heavy (non-hydrogen) atoms. The van der Waals surface area contributed by atoms with Gasteiger partial charge >= 0.3 is 0 Å². The topological polar surface area (TPSA) is 95.0 Å². The lowest BCUT2D eigenvalue weighted by molar-refractivity contribution is -0.301. The van der Waals surface area contributed by atoms with Crippen molar-refractivity contribution in [3.63, 3.8) is 0 Å². The number of rotatable bonds is 5. The van der Waals surface area contributed by atoms with Crippen LogP contribution in [0, 0.1) is 5.82 Å². The minimum absolute atomic E-state index is 0.236. The van der Waals surface area contributed by atoms with Gasteiger partial charge in [-0.15, -0.1) is 10.2 Å². The number of aliphatic carboxylic acids is 1. The third-order valence-corrected chi connectivity index (χ3v) is 3.99. The number of nitrogens with zero attached hydrogens (tertiary/aromatic N) is 2. The van der Waals surface area contributed by atoms with Gasteiger partial charge in [0.1, 0.15) is 5.82 Å². The first-order chi connectivity index (χ1) is 9.54. The Morgan fingerprint density at radius 1 is 1.30 bits per heavy atom. The minimum Gasteiger partial charge on any atom is -0.549 e. The largest absolute Gasteiger partial charge is 0.549 e. The number of carbonyl (C=O) groups excluding carboxylic acids is 2. The van der Waals surface area contributed by atoms with Gasteiger partial charge in [0.2, 0.25) is 5.13 Å². The summed E-state index contributed by atoms with van der Waals surface area (Å²) in [5, 5.41) is 20.4. The average Bonchev–Trinajstić information content (AvgIpc) is 2.84. The Labute approximate surface area is 121 Å². The van der Waals surface area contributed by atoms with Crippen LogP contribution in [0.5, 0.6) is 0 Å². The Balaban J connectivity index is 1.97. The van der Waals surface area contributed by atoms with Gasteiger partial charge in [-0.1, -0.05) is 23.1 Å². The number of aromatic nitrogens is 2. The van der Waals surface area contributed by atoms with Crippen molar-refractivity contribution in [3.8, 4) is 0 Å². The predicted octanol–water partition coefficient (Wildman–Crippen LogP) is 0.771. The molecular weight excluding hydrogens is 305 g/mol. The first-order valence-corrected chi connectivity index (χ1v) is 7.08. The van der Waals surface area contributed by atoms with E-state index in [1.807, 2.05) is 0 Å². The lowest BCUT2D eigenvalue weighted by atomic mass is 10.2. The number of amides is 1. The molecule has 0 saturated heterocycles. The summed E-state index contributed by atoms with van der Waals surface area (Å²) in [6.45, 7) is 0. The van der Waals surface area contributed by atoms with Gasteiger partial charge in [0, 0.05) is 11.3 Å². The number of benzene rings is 1. The van der Waals surface area contributed by atoms with E-state index in [-0.39, 0.29) is 16.4 Å². The molecule has 1 N–H and O–H groups in total. The van der Waals surface area contributed by atoms with Gasteiger partial charge in [-0.3, -0.25) is 10.1 Å². The molecule has 6 nitrogen and oxygen atoms in total. The highest BCUT2D eigenvalue weighted by Gasteiger charge is 2.10. The number of carboxylic acid groups (broad SMARTS) is 1. The molecule has 0 spiro atoms. The van der Waals surface area contributed by atoms with Gasteiger partial charge in [0.05, 0.1) is 5.97 Å². The summed E-state index contributed by atoms with van der Waals surface area (Å²) in [5.74, 6) is -2.32. The molecule has 0 aliphatic rings. The van der Waals surface area contributed by atoms with Gasteiger partial charge in [-0.2, -0.15) is 0 Å². The molecule has 1 amide bonds. The molecule has 0 aliphatic heterocycles. The average molecular weight is 312 g/mol. The SMILES string of the molecule is O=C([O-])CSc1nnc(NC(=O)c2ccc(F)cc2)s1. The zero-order valence-corrected chi connectivity index (χ0v) is 11.5. The maximum absolute atomic E-state index is 12.7. The lowest BCUT2D eigenvalue weighted by Gasteiger charge is -2.00. The van der Waals surface area contributed by atoms with Crippen molar-refractivity contribution in [2.24, 2.45) is 0 Å². The van der Waals surface area contributed by atoms with Gasteiger partial charge in [-0.05, 0) is 24.3 Å². The van der Waals surface area contributed by atoms with Crippen LogP contribution in [0.15, 0.2) is 28.6 Å². The molecule has 0 saturated carbocycles. The van der Waals surface area contributed by atoms with E-state index in [0.29, 0.717) is 4.34 Å². The van der Waals surface area contributed by atoms with Crippen LogP contribution in [-0.2, 0) is 4.79 Å². The summed E-state index contributed by atoms with van der Waals surface area (Å²) in [6.07, 6.45) is 0. The zero-order chi connectivity index (χ0) is 14.5. The molecule has 2 rings (SSSR count). The van der Waals surface area contributed by atoms with E-state index in [2.05, 4.69) is 15.5 Å². The summed E-state index contributed by atoms with van der Waals surface area (Å²) in [4.78, 5) is 22.1. The summed E-state index contributed by atoms with van der Waals surface area (Å²) in [7, 11) is 0. The molecule has 0 bridgehead atoms. The van der Waals surface area contributed by atoms with Crippen LogP contribution >= 0.6 is 23.1 Å². The second kappa shape index (κ2) is 6.44. The molecule has 2 aromatic rings. The van der Waals surface area contributed by atoms with Crippen LogP contribution < -0.4 is 10.4 Å². The number of hydrogen-bond donors (Lipinski definition) is 1. The monoisotopic (exact) mass is 312 g/mol. The molecule has 104 valence electrons. The van der Waals surface area contributed by atoms with E-state index in [1.165, 1.54) is 24.3 Å². The van der Waals surface area contributed by atoms with E-state index < -0.39 is 17.7 Å². The molecule has 1 aromatic carbocycles. The smallest absolute Gasteiger partial charge is 0.257 e. The fraction of sp³-hybridized carbons (Fsp3) is 0.0909. The van der Waals surface area contributed by atoms with Gasteiger partial charge in [0.15, 0.2) is 4.34 Å². The van der Waals surface area contributed by atoms with Crippen molar-refractivity contribution in [1.82, 2.24) is 10.2 Å². The number of carboxylic acids is 1. The molecule has 0 fully saturated rings. The van der Waals surface area contributed by atoms with Crippen LogP contribution in [0.1, 0.15) is 10.4 Å². The van der Waals surface area contributed by atoms with Gasteiger partial charge in [-0.25, -0.2) is 4.39 Å². The lowest BCUT2D eigenvalue weighted by Crippen LogP contribution is -2.24. The van der Waals surface area contributed by atoms with Crippen LogP contribution in [0.3, 0.4) is 0 Å². The molecule has 0 unspecified atom stereocenters. The second-order valence-corrected chi connectivity index (χ2v) is 5.69. The Bertz CT molecular complexity index is 630. The number of thioether (sulfide) groups is 1. The quantitative estimate of drug-likeness (QED) is 0.647. The Hall–Kier alpha value is -2.00. The Morgan fingerprint density at radius 2 is 2.00 bits per heavy atom. The molecule has 1 aromatic heterocycles. The molecule has 0 atom stereocenters. The third-order valence-electron chi connectivity index (χ3n) is 2.05. The number of hydrogen-bond acceptors (Lipinski definition) is 7. The van der Waals surface area contributed by atoms with Gasteiger partial charge < -0.3 is 9.90 Å². The van der Waals surface area contributed by atoms with Crippen molar-refractivity contribution in [3.05, 3.63) is 35.6 Å². The van der Waals surface area contributed by atoms with E-state index in [4.69, 9.17) is 0 Å². The van der Waals surface area contributed by atoms with Crippen molar-refractivity contribution < 1.29 is 19.1 Å². The first kappa shape index (κ1) is 14.4. The minimum atomic E-state index is -1.21. The Morgan fingerprint density at radius 3 is 2.65 bits per heavy atom. The predicted molar refractivity (Wildman–Crippen MR) is 70.0 cm³/mol. The summed E-state index contributed by atoms with van der Waals surface area (Å²) in [6, 6.07) is 5.04. The first-order valence-electron chi connectivity index (χ1n) is 5.27. The van der Waals surface area contributed by atoms with Crippen molar-refractivity contribution in [1.29, 1.82) is 0 Å². The maximum atomic E-state index is 12.7. The van der Waals surface area contributed by atoms with Crippen molar-refractivity contribution in [2.45, 2.75) is 4.34 Å². The fourth-order valence-electron chi connectivity index (χ4n) is 1.21. The highest BCUT2D eigenvalue weighted by molar-refractivity contribution is 8.01. The molecule has 0 radical (unpaired) electrons.